The molecule has 0 unspecified atom stereocenters. The fraction of sp³-hybridized carbons (Fsp3) is 0.643. The first kappa shape index (κ1) is 12.5. The molecule has 3 heteroatoms. The lowest BCUT2D eigenvalue weighted by molar-refractivity contribution is 0.0768. The Kier molecular flexibility index (Phi) is 4.13. The summed E-state index contributed by atoms with van der Waals surface area (Å²) < 4.78 is 0. The summed E-state index contributed by atoms with van der Waals surface area (Å²) >= 11 is 0. The molecule has 1 aromatic heterocycles. The molecule has 3 nitrogen and oxygen atoms in total. The molecule has 0 spiro atoms. The first-order chi connectivity index (χ1) is 8.24. The van der Waals surface area contributed by atoms with Gasteiger partial charge in [0.25, 0.3) is 0 Å². The van der Waals surface area contributed by atoms with Crippen molar-refractivity contribution in [1.29, 1.82) is 0 Å². The van der Waals surface area contributed by atoms with Gasteiger partial charge in [0.1, 0.15) is 0 Å². The second kappa shape index (κ2) is 5.61. The number of rotatable bonds is 6. The van der Waals surface area contributed by atoms with E-state index in [2.05, 4.69) is 41.4 Å². The van der Waals surface area contributed by atoms with E-state index in [1.54, 1.807) is 0 Å². The van der Waals surface area contributed by atoms with E-state index >= 15 is 0 Å². The molecule has 1 aromatic rings. The second-order valence-corrected chi connectivity index (χ2v) is 5.41. The highest BCUT2D eigenvalue weighted by atomic mass is 15.1. The van der Waals surface area contributed by atoms with Gasteiger partial charge in [-0.2, -0.15) is 0 Å². The third kappa shape index (κ3) is 3.27. The van der Waals surface area contributed by atoms with E-state index in [1.807, 2.05) is 12.4 Å². The lowest BCUT2D eigenvalue weighted by Crippen LogP contribution is -2.46. The van der Waals surface area contributed by atoms with Crippen LogP contribution in [0.2, 0.25) is 0 Å². The summed E-state index contributed by atoms with van der Waals surface area (Å²) in [7, 11) is 4.28. The number of pyridine rings is 1. The molecule has 0 aromatic carbocycles. The molecule has 0 saturated heterocycles. The van der Waals surface area contributed by atoms with Crippen molar-refractivity contribution >= 4 is 0 Å². The van der Waals surface area contributed by atoms with E-state index in [-0.39, 0.29) is 0 Å². The van der Waals surface area contributed by atoms with Crippen LogP contribution in [0.25, 0.3) is 0 Å². The van der Waals surface area contributed by atoms with E-state index in [0.29, 0.717) is 5.41 Å². The van der Waals surface area contributed by atoms with Gasteiger partial charge < -0.3 is 10.2 Å². The Hall–Kier alpha value is -0.930. The topological polar surface area (TPSA) is 28.2 Å². The molecular weight excluding hydrogens is 210 g/mol. The molecule has 2 rings (SSSR count). The summed E-state index contributed by atoms with van der Waals surface area (Å²) in [6, 6.07) is 4.20. The quantitative estimate of drug-likeness (QED) is 0.813. The van der Waals surface area contributed by atoms with Crippen LogP contribution in [0.4, 0.5) is 0 Å². The summed E-state index contributed by atoms with van der Waals surface area (Å²) in [6.45, 7) is 3.36. The average Bonchev–Trinajstić information content (AvgIpc) is 2.27. The number of hydrogen-bond acceptors (Lipinski definition) is 3. The van der Waals surface area contributed by atoms with Crippen LogP contribution >= 0.6 is 0 Å². The van der Waals surface area contributed by atoms with Gasteiger partial charge in [-0.1, -0.05) is 6.42 Å². The third-order valence-corrected chi connectivity index (χ3v) is 3.77. The van der Waals surface area contributed by atoms with Gasteiger partial charge in [-0.25, -0.2) is 0 Å². The van der Waals surface area contributed by atoms with Gasteiger partial charge in [0, 0.05) is 32.0 Å². The molecule has 1 heterocycles. The van der Waals surface area contributed by atoms with Crippen LogP contribution in [0.15, 0.2) is 24.5 Å². The second-order valence-electron chi connectivity index (χ2n) is 5.41. The highest BCUT2D eigenvalue weighted by Crippen LogP contribution is 2.40. The summed E-state index contributed by atoms with van der Waals surface area (Å²) in [5.74, 6) is 0. The van der Waals surface area contributed by atoms with E-state index in [4.69, 9.17) is 0 Å². The monoisotopic (exact) mass is 233 g/mol. The summed E-state index contributed by atoms with van der Waals surface area (Å²) in [5, 5.41) is 3.34. The molecule has 0 aliphatic heterocycles. The Morgan fingerprint density at radius 3 is 2.59 bits per heavy atom. The summed E-state index contributed by atoms with van der Waals surface area (Å²) in [5.41, 5.74) is 1.87. The Balaban J connectivity index is 1.86. The van der Waals surface area contributed by atoms with Gasteiger partial charge in [0.15, 0.2) is 0 Å². The van der Waals surface area contributed by atoms with Gasteiger partial charge in [-0.05, 0) is 50.0 Å². The Morgan fingerprint density at radius 2 is 2.06 bits per heavy atom. The molecule has 17 heavy (non-hydrogen) atoms. The molecule has 0 radical (unpaired) electrons. The van der Waals surface area contributed by atoms with Crippen LogP contribution in [0.3, 0.4) is 0 Å². The smallest absolute Gasteiger partial charge is 0.0271 e. The van der Waals surface area contributed by atoms with Gasteiger partial charge in [0.05, 0.1) is 0 Å². The van der Waals surface area contributed by atoms with Gasteiger partial charge >= 0.3 is 0 Å². The van der Waals surface area contributed by atoms with E-state index < -0.39 is 0 Å². The molecule has 94 valence electrons. The Labute approximate surface area is 104 Å². The molecule has 1 aliphatic carbocycles. The van der Waals surface area contributed by atoms with E-state index in [9.17, 15) is 0 Å². The van der Waals surface area contributed by atoms with Gasteiger partial charge in [0.2, 0.25) is 0 Å². The maximum atomic E-state index is 4.06. The lowest BCUT2D eigenvalue weighted by Gasteiger charge is -2.44. The van der Waals surface area contributed by atoms with Gasteiger partial charge in [-0.15, -0.1) is 0 Å². The van der Waals surface area contributed by atoms with Crippen LogP contribution in [-0.4, -0.2) is 37.1 Å². The molecule has 1 N–H and O–H groups in total. The predicted octanol–water partition coefficient (Wildman–Crippen LogP) is 1.90. The predicted molar refractivity (Wildman–Crippen MR) is 70.8 cm³/mol. The maximum Gasteiger partial charge on any atom is 0.0271 e. The summed E-state index contributed by atoms with van der Waals surface area (Å²) in [6.07, 6.45) is 7.87. The standard InChI is InChI=1S/C14H23N3/c1-15-11-14(6-3-7-14)12-17(2)10-13-4-8-16-9-5-13/h4-5,8-9,15H,3,6-7,10-12H2,1-2H3. The van der Waals surface area contributed by atoms with Crippen molar-refractivity contribution in [1.82, 2.24) is 15.2 Å². The largest absolute Gasteiger partial charge is 0.319 e. The summed E-state index contributed by atoms with van der Waals surface area (Å²) in [4.78, 5) is 6.49. The van der Waals surface area contributed by atoms with Crippen molar-refractivity contribution in [2.75, 3.05) is 27.2 Å². The first-order valence-electron chi connectivity index (χ1n) is 6.46. The molecule has 1 saturated carbocycles. The molecule has 0 atom stereocenters. The van der Waals surface area contributed by atoms with Crippen molar-refractivity contribution in [2.24, 2.45) is 5.41 Å². The maximum absolute atomic E-state index is 4.06. The van der Waals surface area contributed by atoms with Crippen molar-refractivity contribution < 1.29 is 0 Å². The fourth-order valence-corrected chi connectivity index (χ4v) is 2.87. The SMILES string of the molecule is CNCC1(CN(C)Cc2ccncc2)CCC1. The van der Waals surface area contributed by atoms with Gasteiger partial charge in [-0.3, -0.25) is 4.98 Å². The van der Waals surface area contributed by atoms with E-state index in [1.165, 1.54) is 31.4 Å². The number of nitrogens with zero attached hydrogens (tertiary/aromatic N) is 2. The highest BCUT2D eigenvalue weighted by Gasteiger charge is 2.36. The van der Waals surface area contributed by atoms with Crippen molar-refractivity contribution in [3.8, 4) is 0 Å². The van der Waals surface area contributed by atoms with Crippen LogP contribution in [0.5, 0.6) is 0 Å². The van der Waals surface area contributed by atoms with Crippen LogP contribution in [-0.2, 0) is 6.54 Å². The fourth-order valence-electron chi connectivity index (χ4n) is 2.87. The Bertz CT molecular complexity index is 333. The average molecular weight is 233 g/mol. The zero-order valence-corrected chi connectivity index (χ0v) is 10.9. The number of aromatic nitrogens is 1. The zero-order chi connectivity index (χ0) is 12.1. The minimum absolute atomic E-state index is 0.524. The number of nitrogens with one attached hydrogen (secondary N) is 1. The molecule has 1 aliphatic rings. The van der Waals surface area contributed by atoms with Crippen LogP contribution in [0, 0.1) is 5.41 Å². The number of hydrogen-bond donors (Lipinski definition) is 1. The third-order valence-electron chi connectivity index (χ3n) is 3.77. The first-order valence-corrected chi connectivity index (χ1v) is 6.46. The van der Waals surface area contributed by atoms with Crippen molar-refractivity contribution in [3.05, 3.63) is 30.1 Å². The molecule has 0 bridgehead atoms. The zero-order valence-electron chi connectivity index (χ0n) is 10.9. The van der Waals surface area contributed by atoms with Crippen LogP contribution < -0.4 is 5.32 Å². The molecule has 0 amide bonds. The lowest BCUT2D eigenvalue weighted by atomic mass is 9.68. The van der Waals surface area contributed by atoms with Crippen LogP contribution in [0.1, 0.15) is 24.8 Å². The minimum atomic E-state index is 0.524. The van der Waals surface area contributed by atoms with E-state index in [0.717, 1.165) is 13.1 Å². The molecule has 1 fully saturated rings. The normalized spacial score (nSPS) is 18.1. The minimum Gasteiger partial charge on any atom is -0.319 e. The van der Waals surface area contributed by atoms with Crippen molar-refractivity contribution in [3.63, 3.8) is 0 Å². The molecular formula is C14H23N3. The highest BCUT2D eigenvalue weighted by molar-refractivity contribution is 5.09. The van der Waals surface area contributed by atoms with Crippen molar-refractivity contribution in [2.45, 2.75) is 25.8 Å². The Morgan fingerprint density at radius 1 is 1.35 bits per heavy atom.